The lowest BCUT2D eigenvalue weighted by Crippen LogP contribution is -2.82. The highest BCUT2D eigenvalue weighted by Crippen LogP contribution is 2.69. The van der Waals surface area contributed by atoms with Gasteiger partial charge in [-0.25, -0.2) is 0 Å². The summed E-state index contributed by atoms with van der Waals surface area (Å²) in [6, 6.07) is 0. The predicted molar refractivity (Wildman–Crippen MR) is 40.8 cm³/mol. The average Bonchev–Trinajstić information content (AvgIpc) is 2.13. The van der Waals surface area contributed by atoms with Crippen molar-refractivity contribution in [1.82, 2.24) is 0 Å². The van der Waals surface area contributed by atoms with E-state index in [1.54, 1.807) is 6.92 Å². The molecule has 3 rings (SSSR count). The quantitative estimate of drug-likeness (QED) is 0.383. The highest BCUT2D eigenvalue weighted by Gasteiger charge is 2.90. The molecule has 78 valence electrons. The Bertz CT molecular complexity index is 420. The van der Waals surface area contributed by atoms with Gasteiger partial charge in [-0.15, -0.1) is 0 Å². The van der Waals surface area contributed by atoms with E-state index in [2.05, 4.69) is 9.47 Å². The van der Waals surface area contributed by atoms with Crippen LogP contribution in [-0.2, 0) is 28.7 Å². The zero-order chi connectivity index (χ0) is 11.0. The lowest BCUT2D eigenvalue weighted by molar-refractivity contribution is -0.265. The molecule has 15 heavy (non-hydrogen) atoms. The molecular formula is C9H6O6. The monoisotopic (exact) mass is 210 g/mol. The van der Waals surface area contributed by atoms with Gasteiger partial charge in [0.1, 0.15) is 0 Å². The Morgan fingerprint density at radius 3 is 1.73 bits per heavy atom. The minimum absolute atomic E-state index is 0.186. The number of ether oxygens (including phenoxy) is 2. The summed E-state index contributed by atoms with van der Waals surface area (Å²) in [5.41, 5.74) is -3.13. The van der Waals surface area contributed by atoms with Gasteiger partial charge >= 0.3 is 23.9 Å². The molecule has 1 unspecified atom stereocenters. The van der Waals surface area contributed by atoms with Crippen molar-refractivity contribution in [2.24, 2.45) is 16.7 Å². The Hall–Kier alpha value is -1.72. The van der Waals surface area contributed by atoms with Crippen LogP contribution in [0.15, 0.2) is 0 Å². The summed E-state index contributed by atoms with van der Waals surface area (Å²) in [6.07, 6.45) is 0.186. The molecule has 0 aromatic carbocycles. The van der Waals surface area contributed by atoms with Crippen LogP contribution in [0, 0.1) is 16.7 Å². The molecule has 2 spiro atoms. The number of rotatable bonds is 0. The first-order chi connectivity index (χ1) is 6.97. The summed E-state index contributed by atoms with van der Waals surface area (Å²) in [5, 5.41) is 0. The van der Waals surface area contributed by atoms with Crippen LogP contribution in [0.25, 0.3) is 0 Å². The number of hydrogen-bond acceptors (Lipinski definition) is 6. The summed E-state index contributed by atoms with van der Waals surface area (Å²) in [6.45, 7) is 1.64. The van der Waals surface area contributed by atoms with Gasteiger partial charge in [-0.05, 0) is 12.3 Å². The van der Waals surface area contributed by atoms with E-state index in [-0.39, 0.29) is 12.3 Å². The van der Waals surface area contributed by atoms with Crippen LogP contribution >= 0.6 is 0 Å². The molecule has 0 aromatic rings. The molecule has 2 aliphatic heterocycles. The Labute approximate surface area is 83.5 Å². The van der Waals surface area contributed by atoms with Crippen molar-refractivity contribution in [1.29, 1.82) is 0 Å². The molecule has 1 atom stereocenters. The lowest BCUT2D eigenvalue weighted by Gasteiger charge is -2.61. The number of cyclic esters (lactones) is 4. The summed E-state index contributed by atoms with van der Waals surface area (Å²) < 4.78 is 8.49. The summed E-state index contributed by atoms with van der Waals surface area (Å²) in [4.78, 5) is 45.3. The van der Waals surface area contributed by atoms with Gasteiger partial charge < -0.3 is 9.47 Å². The van der Waals surface area contributed by atoms with Gasteiger partial charge in [-0.1, -0.05) is 6.92 Å². The van der Waals surface area contributed by atoms with Crippen molar-refractivity contribution < 1.29 is 28.7 Å². The van der Waals surface area contributed by atoms with Crippen molar-refractivity contribution in [3.63, 3.8) is 0 Å². The topological polar surface area (TPSA) is 86.7 Å². The SMILES string of the molecule is CC1CC2(C(=O)OC2=O)C12C(=O)OC2=O. The number of hydrogen-bond donors (Lipinski definition) is 0. The van der Waals surface area contributed by atoms with Crippen molar-refractivity contribution in [3.8, 4) is 0 Å². The smallest absolute Gasteiger partial charge is 0.333 e. The fourth-order valence-corrected chi connectivity index (χ4v) is 2.88. The second-order valence-corrected chi connectivity index (χ2v) is 4.17. The highest BCUT2D eigenvalue weighted by molar-refractivity contribution is 6.29. The van der Waals surface area contributed by atoms with Crippen molar-refractivity contribution in [2.75, 3.05) is 0 Å². The zero-order valence-electron chi connectivity index (χ0n) is 7.73. The van der Waals surface area contributed by atoms with Gasteiger partial charge in [0.05, 0.1) is 0 Å². The van der Waals surface area contributed by atoms with Gasteiger partial charge in [0.2, 0.25) is 0 Å². The normalized spacial score (nSPS) is 34.1. The maximum atomic E-state index is 11.4. The number of carbonyl (C=O) groups excluding carboxylic acids is 4. The maximum absolute atomic E-state index is 11.4. The molecule has 6 heteroatoms. The predicted octanol–water partition coefficient (Wildman–Crippen LogP) is -0.834. The second-order valence-electron chi connectivity index (χ2n) is 4.17. The van der Waals surface area contributed by atoms with Crippen LogP contribution < -0.4 is 0 Å². The zero-order valence-corrected chi connectivity index (χ0v) is 7.73. The molecule has 3 fully saturated rings. The van der Waals surface area contributed by atoms with E-state index >= 15 is 0 Å². The van der Waals surface area contributed by atoms with E-state index in [9.17, 15) is 19.2 Å². The average molecular weight is 210 g/mol. The summed E-state index contributed by atoms with van der Waals surface area (Å²) in [5.74, 6) is -3.47. The molecule has 3 aliphatic rings. The van der Waals surface area contributed by atoms with Gasteiger partial charge in [-0.3, -0.25) is 19.2 Å². The van der Waals surface area contributed by atoms with Crippen molar-refractivity contribution in [2.45, 2.75) is 13.3 Å². The molecule has 2 heterocycles. The standard InChI is InChI=1S/C9H6O6/c1-3-2-8(4(10)14-5(8)11)9(3)6(12)15-7(9)13/h3H,2H2,1H3. The molecule has 0 aromatic heterocycles. The Kier molecular flexibility index (Phi) is 1.12. The van der Waals surface area contributed by atoms with Crippen LogP contribution in [0.3, 0.4) is 0 Å². The minimum Gasteiger partial charge on any atom is -0.391 e. The number of fused-ring (bicyclic) bond motifs is 1. The van der Waals surface area contributed by atoms with E-state index in [1.807, 2.05) is 0 Å². The highest BCUT2D eigenvalue weighted by atomic mass is 16.6. The van der Waals surface area contributed by atoms with E-state index in [1.165, 1.54) is 0 Å². The second kappa shape index (κ2) is 1.95. The lowest BCUT2D eigenvalue weighted by atomic mass is 9.40. The fraction of sp³-hybridized carbons (Fsp3) is 0.556. The Balaban J connectivity index is 2.15. The van der Waals surface area contributed by atoms with Crippen LogP contribution in [-0.4, -0.2) is 23.9 Å². The molecule has 0 amide bonds. The van der Waals surface area contributed by atoms with Gasteiger partial charge in [0.25, 0.3) is 0 Å². The first-order valence-corrected chi connectivity index (χ1v) is 4.51. The maximum Gasteiger partial charge on any atom is 0.333 e. The van der Waals surface area contributed by atoms with E-state index in [0.29, 0.717) is 0 Å². The first-order valence-electron chi connectivity index (χ1n) is 4.51. The van der Waals surface area contributed by atoms with E-state index < -0.39 is 34.7 Å². The van der Waals surface area contributed by atoms with Crippen molar-refractivity contribution >= 4 is 23.9 Å². The fourth-order valence-electron chi connectivity index (χ4n) is 2.88. The summed E-state index contributed by atoms with van der Waals surface area (Å²) >= 11 is 0. The molecule has 0 bridgehead atoms. The van der Waals surface area contributed by atoms with Gasteiger partial charge in [0, 0.05) is 0 Å². The molecular weight excluding hydrogens is 204 g/mol. The third-order valence-electron chi connectivity index (χ3n) is 3.74. The van der Waals surface area contributed by atoms with Crippen LogP contribution in [0.4, 0.5) is 0 Å². The third-order valence-corrected chi connectivity index (χ3v) is 3.74. The van der Waals surface area contributed by atoms with Crippen molar-refractivity contribution in [3.05, 3.63) is 0 Å². The van der Waals surface area contributed by atoms with E-state index in [4.69, 9.17) is 0 Å². The molecule has 6 nitrogen and oxygen atoms in total. The number of esters is 4. The third kappa shape index (κ3) is 0.513. The number of carbonyl (C=O) groups is 4. The molecule has 2 saturated heterocycles. The largest absolute Gasteiger partial charge is 0.391 e. The van der Waals surface area contributed by atoms with Gasteiger partial charge in [-0.2, -0.15) is 0 Å². The first kappa shape index (κ1) is 8.58. The van der Waals surface area contributed by atoms with Crippen LogP contribution in [0.5, 0.6) is 0 Å². The van der Waals surface area contributed by atoms with Crippen LogP contribution in [0.2, 0.25) is 0 Å². The molecule has 0 N–H and O–H groups in total. The minimum atomic E-state index is -1.57. The van der Waals surface area contributed by atoms with Gasteiger partial charge in [0.15, 0.2) is 10.8 Å². The Morgan fingerprint density at radius 2 is 1.47 bits per heavy atom. The summed E-state index contributed by atoms with van der Waals surface area (Å²) in [7, 11) is 0. The molecule has 1 saturated carbocycles. The Morgan fingerprint density at radius 1 is 1.00 bits per heavy atom. The molecule has 1 aliphatic carbocycles. The van der Waals surface area contributed by atoms with E-state index in [0.717, 1.165) is 0 Å². The van der Waals surface area contributed by atoms with Crippen LogP contribution in [0.1, 0.15) is 13.3 Å². The molecule has 0 radical (unpaired) electrons.